The van der Waals surface area contributed by atoms with Gasteiger partial charge in [0, 0.05) is 31.7 Å². The topological polar surface area (TPSA) is 24.5 Å². The van der Waals surface area contributed by atoms with Gasteiger partial charge in [-0.3, -0.25) is 4.90 Å². The molecule has 3 heteroatoms. The summed E-state index contributed by atoms with van der Waals surface area (Å²) >= 11 is 0. The number of ether oxygens (including phenoxy) is 1. The molecule has 1 heterocycles. The predicted molar refractivity (Wildman–Crippen MR) is 78.0 cm³/mol. The lowest BCUT2D eigenvalue weighted by Gasteiger charge is -2.45. The number of nitrogens with zero attached hydrogens (tertiary/aromatic N) is 1. The Morgan fingerprint density at radius 1 is 1.28 bits per heavy atom. The number of hydrogen-bond acceptors (Lipinski definition) is 3. The van der Waals surface area contributed by atoms with Gasteiger partial charge in [0.15, 0.2) is 0 Å². The van der Waals surface area contributed by atoms with Crippen LogP contribution in [0.4, 0.5) is 0 Å². The number of allylic oxidation sites excluding steroid dienone is 1. The first-order valence-electron chi connectivity index (χ1n) is 7.06. The quantitative estimate of drug-likeness (QED) is 0.602. The summed E-state index contributed by atoms with van der Waals surface area (Å²) in [6.45, 7) is 17.3. The molecule has 0 aromatic rings. The van der Waals surface area contributed by atoms with Crippen LogP contribution >= 0.6 is 0 Å². The maximum Gasteiger partial charge on any atom is 0.0678 e. The van der Waals surface area contributed by atoms with E-state index in [4.69, 9.17) is 4.74 Å². The Labute approximate surface area is 113 Å². The molecule has 3 nitrogen and oxygen atoms in total. The van der Waals surface area contributed by atoms with Gasteiger partial charge in [-0.2, -0.15) is 0 Å². The molecule has 2 unspecified atom stereocenters. The average molecular weight is 254 g/mol. The summed E-state index contributed by atoms with van der Waals surface area (Å²) in [6.07, 6.45) is 2.91. The van der Waals surface area contributed by atoms with Gasteiger partial charge in [0.1, 0.15) is 0 Å². The lowest BCUT2D eigenvalue weighted by molar-refractivity contribution is -0.0951. The van der Waals surface area contributed by atoms with Crippen LogP contribution in [0.2, 0.25) is 0 Å². The molecule has 2 atom stereocenters. The molecule has 18 heavy (non-hydrogen) atoms. The molecule has 1 aliphatic heterocycles. The molecule has 0 aromatic heterocycles. The molecule has 1 aliphatic rings. The van der Waals surface area contributed by atoms with Gasteiger partial charge in [-0.1, -0.05) is 11.6 Å². The van der Waals surface area contributed by atoms with Gasteiger partial charge < -0.3 is 10.1 Å². The zero-order valence-corrected chi connectivity index (χ0v) is 12.9. The smallest absolute Gasteiger partial charge is 0.0678 e. The van der Waals surface area contributed by atoms with Crippen molar-refractivity contribution in [2.75, 3.05) is 26.2 Å². The van der Waals surface area contributed by atoms with E-state index in [9.17, 15) is 0 Å². The van der Waals surface area contributed by atoms with Crippen LogP contribution in [0.25, 0.3) is 0 Å². The molecule has 1 rings (SSSR count). The molecule has 0 spiro atoms. The molecule has 1 fully saturated rings. The minimum absolute atomic E-state index is 0.182. The SMILES string of the molecule is CC(C)=CCNCC(C)(C)N1CC(C)OC(C)C1. The molecule has 0 amide bonds. The van der Waals surface area contributed by atoms with E-state index in [-0.39, 0.29) is 5.54 Å². The van der Waals surface area contributed by atoms with Crippen LogP contribution in [-0.4, -0.2) is 48.8 Å². The predicted octanol–water partition coefficient (Wildman–Crippen LogP) is 2.43. The highest BCUT2D eigenvalue weighted by Gasteiger charge is 2.32. The summed E-state index contributed by atoms with van der Waals surface area (Å²) in [5.74, 6) is 0. The van der Waals surface area contributed by atoms with E-state index >= 15 is 0 Å². The van der Waals surface area contributed by atoms with Crippen molar-refractivity contribution < 1.29 is 4.74 Å². The molecule has 1 saturated heterocycles. The molecular formula is C15H30N2O. The van der Waals surface area contributed by atoms with Gasteiger partial charge >= 0.3 is 0 Å². The Kier molecular flexibility index (Phi) is 5.83. The highest BCUT2D eigenvalue weighted by molar-refractivity contribution is 4.95. The average Bonchev–Trinajstić information content (AvgIpc) is 2.23. The van der Waals surface area contributed by atoms with Crippen molar-refractivity contribution in [2.45, 2.75) is 59.3 Å². The van der Waals surface area contributed by atoms with E-state index in [1.54, 1.807) is 0 Å². The van der Waals surface area contributed by atoms with Gasteiger partial charge in [-0.05, 0) is 41.5 Å². The number of nitrogens with one attached hydrogen (secondary N) is 1. The highest BCUT2D eigenvalue weighted by atomic mass is 16.5. The van der Waals surface area contributed by atoms with Crippen LogP contribution in [0.5, 0.6) is 0 Å². The third-order valence-electron chi connectivity index (χ3n) is 3.49. The zero-order chi connectivity index (χ0) is 13.8. The molecule has 0 saturated carbocycles. The summed E-state index contributed by atoms with van der Waals surface area (Å²) in [4.78, 5) is 2.54. The van der Waals surface area contributed by atoms with E-state index in [0.717, 1.165) is 26.2 Å². The van der Waals surface area contributed by atoms with Crippen molar-refractivity contribution in [1.82, 2.24) is 10.2 Å². The maximum absolute atomic E-state index is 5.80. The fourth-order valence-corrected chi connectivity index (χ4v) is 2.44. The first kappa shape index (κ1) is 15.7. The Hall–Kier alpha value is -0.380. The van der Waals surface area contributed by atoms with Crippen LogP contribution in [0.1, 0.15) is 41.5 Å². The Bertz CT molecular complexity index is 272. The Balaban J connectivity index is 2.44. The molecule has 1 N–H and O–H groups in total. The minimum atomic E-state index is 0.182. The summed E-state index contributed by atoms with van der Waals surface area (Å²) in [6, 6.07) is 0. The molecule has 106 valence electrons. The van der Waals surface area contributed by atoms with Crippen molar-refractivity contribution in [3.8, 4) is 0 Å². The standard InChI is InChI=1S/C15H30N2O/c1-12(2)7-8-16-11-15(5,6)17-9-13(3)18-14(4)10-17/h7,13-14,16H,8-11H2,1-6H3. The fraction of sp³-hybridized carbons (Fsp3) is 0.867. The molecule has 0 bridgehead atoms. The number of hydrogen-bond donors (Lipinski definition) is 1. The zero-order valence-electron chi connectivity index (χ0n) is 12.9. The summed E-state index contributed by atoms with van der Waals surface area (Å²) in [7, 11) is 0. The van der Waals surface area contributed by atoms with Gasteiger partial charge in [0.2, 0.25) is 0 Å². The van der Waals surface area contributed by atoms with Crippen molar-refractivity contribution >= 4 is 0 Å². The summed E-state index contributed by atoms with van der Waals surface area (Å²) in [5.41, 5.74) is 1.55. The van der Waals surface area contributed by atoms with Crippen molar-refractivity contribution in [3.05, 3.63) is 11.6 Å². The summed E-state index contributed by atoms with van der Waals surface area (Å²) in [5, 5.41) is 3.53. The monoisotopic (exact) mass is 254 g/mol. The van der Waals surface area contributed by atoms with Crippen LogP contribution in [0.3, 0.4) is 0 Å². The number of morpholine rings is 1. The van der Waals surface area contributed by atoms with E-state index in [1.807, 2.05) is 0 Å². The largest absolute Gasteiger partial charge is 0.373 e. The van der Waals surface area contributed by atoms with Crippen molar-refractivity contribution in [1.29, 1.82) is 0 Å². The van der Waals surface area contributed by atoms with E-state index in [1.165, 1.54) is 5.57 Å². The second-order valence-electron chi connectivity index (χ2n) is 6.39. The van der Waals surface area contributed by atoms with E-state index in [0.29, 0.717) is 12.2 Å². The van der Waals surface area contributed by atoms with Crippen LogP contribution in [-0.2, 0) is 4.74 Å². The summed E-state index contributed by atoms with van der Waals surface area (Å²) < 4.78 is 5.80. The first-order valence-corrected chi connectivity index (χ1v) is 7.06. The van der Waals surface area contributed by atoms with Crippen molar-refractivity contribution in [3.63, 3.8) is 0 Å². The third-order valence-corrected chi connectivity index (χ3v) is 3.49. The second kappa shape index (κ2) is 6.69. The van der Waals surface area contributed by atoms with Crippen LogP contribution in [0.15, 0.2) is 11.6 Å². The van der Waals surface area contributed by atoms with Gasteiger partial charge in [0.25, 0.3) is 0 Å². The highest BCUT2D eigenvalue weighted by Crippen LogP contribution is 2.20. The molecule has 0 aliphatic carbocycles. The normalized spacial score (nSPS) is 26.1. The molecule has 0 radical (unpaired) electrons. The Morgan fingerprint density at radius 3 is 2.33 bits per heavy atom. The minimum Gasteiger partial charge on any atom is -0.373 e. The lowest BCUT2D eigenvalue weighted by atomic mass is 10.00. The van der Waals surface area contributed by atoms with E-state index < -0.39 is 0 Å². The van der Waals surface area contributed by atoms with Crippen LogP contribution in [0, 0.1) is 0 Å². The third kappa shape index (κ3) is 5.09. The lowest BCUT2D eigenvalue weighted by Crippen LogP contribution is -2.58. The van der Waals surface area contributed by atoms with Crippen molar-refractivity contribution in [2.24, 2.45) is 0 Å². The van der Waals surface area contributed by atoms with Crippen LogP contribution < -0.4 is 5.32 Å². The number of rotatable bonds is 5. The fourth-order valence-electron chi connectivity index (χ4n) is 2.44. The Morgan fingerprint density at radius 2 is 1.83 bits per heavy atom. The molecule has 0 aromatic carbocycles. The van der Waals surface area contributed by atoms with Gasteiger partial charge in [-0.15, -0.1) is 0 Å². The first-order chi connectivity index (χ1) is 8.31. The van der Waals surface area contributed by atoms with E-state index in [2.05, 4.69) is 57.8 Å². The molecular weight excluding hydrogens is 224 g/mol. The van der Waals surface area contributed by atoms with Gasteiger partial charge in [-0.25, -0.2) is 0 Å². The maximum atomic E-state index is 5.80. The van der Waals surface area contributed by atoms with Gasteiger partial charge in [0.05, 0.1) is 12.2 Å². The second-order valence-corrected chi connectivity index (χ2v) is 6.39.